The molecule has 11 heavy (non-hydrogen) atoms. The van der Waals surface area contributed by atoms with Gasteiger partial charge in [0, 0.05) is 12.7 Å². The van der Waals surface area contributed by atoms with Gasteiger partial charge in [0.25, 0.3) is 0 Å². The van der Waals surface area contributed by atoms with Crippen LogP contribution in [0.25, 0.3) is 0 Å². The quantitative estimate of drug-likeness (QED) is 0.483. The molecule has 62 valence electrons. The van der Waals surface area contributed by atoms with Gasteiger partial charge in [0.05, 0.1) is 0 Å². The predicted octanol–water partition coefficient (Wildman–Crippen LogP) is 1.74. The zero-order valence-corrected chi connectivity index (χ0v) is 7.25. The van der Waals surface area contributed by atoms with Crippen LogP contribution in [0.5, 0.6) is 0 Å². The number of allylic oxidation sites excluding steroid dienone is 2. The first kappa shape index (κ1) is 10.1. The molecule has 2 heteroatoms. The standard InChI is InChI=1S/C9H16N2/c1-8(4-5-11-3)6-9(2)7-10/h4-6,8H,3,7,10H2,1-2H3/b5-4-,9-6-. The van der Waals surface area contributed by atoms with Crippen molar-refractivity contribution in [2.75, 3.05) is 6.54 Å². The van der Waals surface area contributed by atoms with E-state index in [2.05, 4.69) is 24.7 Å². The summed E-state index contributed by atoms with van der Waals surface area (Å²) in [4.78, 5) is 3.62. The number of hydrogen-bond donors (Lipinski definition) is 1. The summed E-state index contributed by atoms with van der Waals surface area (Å²) in [5.74, 6) is 0.393. The molecular weight excluding hydrogens is 136 g/mol. The van der Waals surface area contributed by atoms with Crippen LogP contribution in [0, 0.1) is 5.92 Å². The van der Waals surface area contributed by atoms with E-state index in [0.29, 0.717) is 12.5 Å². The van der Waals surface area contributed by atoms with Crippen molar-refractivity contribution in [1.29, 1.82) is 0 Å². The van der Waals surface area contributed by atoms with E-state index in [1.165, 1.54) is 5.57 Å². The smallest absolute Gasteiger partial charge is 0.0226 e. The molecule has 0 aliphatic heterocycles. The van der Waals surface area contributed by atoms with Crippen LogP contribution in [0.2, 0.25) is 0 Å². The summed E-state index contributed by atoms with van der Waals surface area (Å²) in [5.41, 5.74) is 6.62. The van der Waals surface area contributed by atoms with Crippen molar-refractivity contribution in [3.63, 3.8) is 0 Å². The SMILES string of the molecule is C=N/C=C\C(C)/C=C(/C)CN. The molecule has 0 aromatic heterocycles. The molecule has 2 N–H and O–H groups in total. The molecule has 0 fully saturated rings. The Bertz CT molecular complexity index is 168. The van der Waals surface area contributed by atoms with Crippen LogP contribution in [0.15, 0.2) is 28.9 Å². The first-order chi connectivity index (χ1) is 5.20. The maximum absolute atomic E-state index is 5.42. The van der Waals surface area contributed by atoms with Crippen LogP contribution in [-0.4, -0.2) is 13.3 Å². The number of hydrogen-bond acceptors (Lipinski definition) is 2. The average molecular weight is 152 g/mol. The molecule has 0 bridgehead atoms. The van der Waals surface area contributed by atoms with Gasteiger partial charge in [-0.2, -0.15) is 0 Å². The Kier molecular flexibility index (Phi) is 5.39. The topological polar surface area (TPSA) is 38.4 Å². The second-order valence-electron chi connectivity index (χ2n) is 2.60. The van der Waals surface area contributed by atoms with E-state index >= 15 is 0 Å². The molecule has 0 heterocycles. The first-order valence-electron chi connectivity index (χ1n) is 3.70. The Labute approximate surface area is 68.5 Å². The molecule has 0 amide bonds. The summed E-state index contributed by atoms with van der Waals surface area (Å²) >= 11 is 0. The van der Waals surface area contributed by atoms with Crippen LogP contribution < -0.4 is 5.73 Å². The Morgan fingerprint density at radius 1 is 1.73 bits per heavy atom. The maximum Gasteiger partial charge on any atom is 0.0226 e. The van der Waals surface area contributed by atoms with Gasteiger partial charge >= 0.3 is 0 Å². The van der Waals surface area contributed by atoms with Crippen molar-refractivity contribution >= 4 is 6.72 Å². The van der Waals surface area contributed by atoms with Crippen LogP contribution in [0.4, 0.5) is 0 Å². The van der Waals surface area contributed by atoms with E-state index in [-0.39, 0.29) is 0 Å². The van der Waals surface area contributed by atoms with Crippen molar-refractivity contribution in [2.45, 2.75) is 13.8 Å². The molecule has 0 aliphatic carbocycles. The van der Waals surface area contributed by atoms with Crippen LogP contribution in [-0.2, 0) is 0 Å². The fraction of sp³-hybridized carbons (Fsp3) is 0.444. The Morgan fingerprint density at radius 3 is 2.82 bits per heavy atom. The molecule has 0 spiro atoms. The fourth-order valence-corrected chi connectivity index (χ4v) is 0.769. The summed E-state index contributed by atoms with van der Waals surface area (Å²) in [6.07, 6.45) is 5.79. The van der Waals surface area contributed by atoms with E-state index in [4.69, 9.17) is 5.73 Å². The van der Waals surface area contributed by atoms with Gasteiger partial charge in [-0.25, -0.2) is 0 Å². The normalized spacial score (nSPS) is 15.4. The van der Waals surface area contributed by atoms with Crippen molar-refractivity contribution in [3.05, 3.63) is 23.9 Å². The zero-order valence-electron chi connectivity index (χ0n) is 7.25. The average Bonchev–Trinajstić information content (AvgIpc) is 2.00. The monoisotopic (exact) mass is 152 g/mol. The summed E-state index contributed by atoms with van der Waals surface area (Å²) in [7, 11) is 0. The molecule has 0 radical (unpaired) electrons. The van der Waals surface area contributed by atoms with E-state index in [1.54, 1.807) is 6.20 Å². The minimum Gasteiger partial charge on any atom is -0.327 e. The molecule has 0 aromatic carbocycles. The van der Waals surface area contributed by atoms with Crippen molar-refractivity contribution < 1.29 is 0 Å². The number of rotatable bonds is 4. The third-order valence-electron chi connectivity index (χ3n) is 1.36. The largest absolute Gasteiger partial charge is 0.327 e. The van der Waals surface area contributed by atoms with Crippen molar-refractivity contribution in [1.82, 2.24) is 0 Å². The molecule has 0 saturated heterocycles. The number of nitrogens with two attached hydrogens (primary N) is 1. The molecule has 1 unspecified atom stereocenters. The Hall–Kier alpha value is -0.890. The molecule has 0 rings (SSSR count). The second kappa shape index (κ2) is 5.86. The molecule has 1 atom stereocenters. The highest BCUT2D eigenvalue weighted by molar-refractivity contribution is 5.25. The van der Waals surface area contributed by atoms with Gasteiger partial charge < -0.3 is 5.73 Å². The van der Waals surface area contributed by atoms with E-state index < -0.39 is 0 Å². The summed E-state index contributed by atoms with van der Waals surface area (Å²) in [6, 6.07) is 0. The van der Waals surface area contributed by atoms with Gasteiger partial charge in [-0.05, 0) is 19.6 Å². The van der Waals surface area contributed by atoms with Gasteiger partial charge in [-0.15, -0.1) is 0 Å². The van der Waals surface area contributed by atoms with Gasteiger partial charge in [-0.3, -0.25) is 4.99 Å². The van der Waals surface area contributed by atoms with Gasteiger partial charge in [0.1, 0.15) is 0 Å². The van der Waals surface area contributed by atoms with E-state index in [1.807, 2.05) is 13.0 Å². The number of aliphatic imine (C=N–C) groups is 1. The molecule has 2 nitrogen and oxygen atoms in total. The third kappa shape index (κ3) is 5.55. The highest BCUT2D eigenvalue weighted by Gasteiger charge is 1.90. The molecule has 0 saturated carbocycles. The summed E-state index contributed by atoms with van der Waals surface area (Å²) in [5, 5.41) is 0. The minimum atomic E-state index is 0.393. The second-order valence-corrected chi connectivity index (χ2v) is 2.60. The van der Waals surface area contributed by atoms with Gasteiger partial charge in [0.15, 0.2) is 0 Å². The van der Waals surface area contributed by atoms with Crippen LogP contribution in [0.1, 0.15) is 13.8 Å². The van der Waals surface area contributed by atoms with Crippen LogP contribution >= 0.6 is 0 Å². The highest BCUT2D eigenvalue weighted by atomic mass is 14.6. The number of nitrogens with zero attached hydrogens (tertiary/aromatic N) is 1. The maximum atomic E-state index is 5.42. The third-order valence-corrected chi connectivity index (χ3v) is 1.36. The predicted molar refractivity (Wildman–Crippen MR) is 50.7 cm³/mol. The van der Waals surface area contributed by atoms with Crippen molar-refractivity contribution in [3.8, 4) is 0 Å². The molecule has 0 aliphatic rings. The molecule has 0 aromatic rings. The van der Waals surface area contributed by atoms with E-state index in [0.717, 1.165) is 0 Å². The van der Waals surface area contributed by atoms with Gasteiger partial charge in [0.2, 0.25) is 0 Å². The van der Waals surface area contributed by atoms with Crippen molar-refractivity contribution in [2.24, 2.45) is 16.6 Å². The lowest BCUT2D eigenvalue weighted by atomic mass is 10.1. The molecular formula is C9H16N2. The lowest BCUT2D eigenvalue weighted by Crippen LogP contribution is -2.01. The van der Waals surface area contributed by atoms with Crippen LogP contribution in [0.3, 0.4) is 0 Å². The Morgan fingerprint density at radius 2 is 2.36 bits per heavy atom. The Balaban J connectivity index is 3.94. The fourth-order valence-electron chi connectivity index (χ4n) is 0.769. The van der Waals surface area contributed by atoms with Gasteiger partial charge in [-0.1, -0.05) is 24.6 Å². The van der Waals surface area contributed by atoms with E-state index in [9.17, 15) is 0 Å². The highest BCUT2D eigenvalue weighted by Crippen LogP contribution is 2.03. The lowest BCUT2D eigenvalue weighted by Gasteiger charge is -1.99. The lowest BCUT2D eigenvalue weighted by molar-refractivity contribution is 0.911. The summed E-state index contributed by atoms with van der Waals surface area (Å²) < 4.78 is 0. The first-order valence-corrected chi connectivity index (χ1v) is 3.70. The minimum absolute atomic E-state index is 0.393. The zero-order chi connectivity index (χ0) is 8.69. The summed E-state index contributed by atoms with van der Waals surface area (Å²) in [6.45, 7) is 8.08.